The lowest BCUT2D eigenvalue weighted by Crippen LogP contribution is -2.58. The molecule has 0 saturated carbocycles. The van der Waals surface area contributed by atoms with Crippen LogP contribution in [-0.2, 0) is 4.79 Å². The zero-order chi connectivity index (χ0) is 34.6. The highest BCUT2D eigenvalue weighted by atomic mass is 35.5. The first-order chi connectivity index (χ1) is 22.2. The molecule has 1 saturated heterocycles. The number of pyridine rings is 3. The molecule has 1 N–H and O–H groups in total. The number of aromatic nitrogens is 3. The molecule has 1 fully saturated rings. The van der Waals surface area contributed by atoms with E-state index in [9.17, 15) is 24.3 Å². The lowest BCUT2D eigenvalue weighted by Gasteiger charge is -2.45. The summed E-state index contributed by atoms with van der Waals surface area (Å²) >= 11 is 18.7. The normalized spacial score (nSPS) is 16.6. The molecule has 47 heavy (non-hydrogen) atoms. The summed E-state index contributed by atoms with van der Waals surface area (Å²) in [6, 6.07) is 4.45. The van der Waals surface area contributed by atoms with Gasteiger partial charge in [0.15, 0.2) is 17.4 Å². The molecule has 0 bridgehead atoms. The third kappa shape index (κ3) is 5.48. The van der Waals surface area contributed by atoms with Crippen molar-refractivity contribution in [1.29, 1.82) is 5.26 Å². The third-order valence-corrected chi connectivity index (χ3v) is 9.24. The number of anilines is 1. The highest BCUT2D eigenvalue weighted by Gasteiger charge is 2.36. The van der Waals surface area contributed by atoms with Crippen LogP contribution in [0.2, 0.25) is 15.1 Å². The van der Waals surface area contributed by atoms with Gasteiger partial charge < -0.3 is 14.9 Å². The van der Waals surface area contributed by atoms with E-state index in [4.69, 9.17) is 34.8 Å². The van der Waals surface area contributed by atoms with Crippen LogP contribution < -0.4 is 10.5 Å². The summed E-state index contributed by atoms with van der Waals surface area (Å²) in [5.74, 6) is -4.30. The van der Waals surface area contributed by atoms with Crippen molar-refractivity contribution >= 4 is 57.4 Å². The van der Waals surface area contributed by atoms with Gasteiger partial charge in [-0.1, -0.05) is 55.2 Å². The lowest BCUT2D eigenvalue weighted by molar-refractivity contribution is -0.130. The van der Waals surface area contributed by atoms with Gasteiger partial charge in [0.2, 0.25) is 5.91 Å². The van der Waals surface area contributed by atoms with E-state index >= 15 is 4.39 Å². The van der Waals surface area contributed by atoms with Gasteiger partial charge in [0, 0.05) is 36.8 Å². The second kappa shape index (κ2) is 12.8. The minimum absolute atomic E-state index is 0.0587. The molecule has 5 rings (SSSR count). The Balaban J connectivity index is 1.95. The number of rotatable bonds is 5. The van der Waals surface area contributed by atoms with Crippen LogP contribution in [0.3, 0.4) is 0 Å². The first kappa shape index (κ1) is 34.1. The van der Waals surface area contributed by atoms with Crippen LogP contribution in [0.1, 0.15) is 50.4 Å². The van der Waals surface area contributed by atoms with Crippen LogP contribution in [0.4, 0.5) is 14.5 Å². The average Bonchev–Trinajstić information content (AvgIpc) is 3.02. The molecule has 4 heterocycles. The summed E-state index contributed by atoms with van der Waals surface area (Å²) in [5.41, 5.74) is -0.377. The smallest absolute Gasteiger partial charge is 0.276 e. The molecule has 2 atom stereocenters. The average molecular weight is 702 g/mol. The number of amides is 1. The van der Waals surface area contributed by atoms with Gasteiger partial charge in [0.1, 0.15) is 22.3 Å². The molecule has 4 aromatic rings. The summed E-state index contributed by atoms with van der Waals surface area (Å²) in [6.07, 6.45) is 2.83. The third-order valence-electron chi connectivity index (χ3n) is 8.25. The number of nitrogens with zero attached hydrogens (tertiary/aromatic N) is 6. The van der Waals surface area contributed by atoms with E-state index in [1.807, 2.05) is 32.6 Å². The van der Waals surface area contributed by atoms with E-state index in [-0.39, 0.29) is 70.0 Å². The van der Waals surface area contributed by atoms with Crippen molar-refractivity contribution in [3.8, 4) is 28.8 Å². The molecule has 0 unspecified atom stereocenters. The van der Waals surface area contributed by atoms with E-state index in [1.54, 1.807) is 24.1 Å². The van der Waals surface area contributed by atoms with Gasteiger partial charge in [-0.15, -0.1) is 0 Å². The second-order valence-electron chi connectivity index (χ2n) is 11.7. The number of halogens is 5. The summed E-state index contributed by atoms with van der Waals surface area (Å²) in [5, 5.41) is 19.1. The Kier molecular flexibility index (Phi) is 9.25. The molecular formula is C33H29Cl3F2N6O3. The molecule has 3 aromatic heterocycles. The number of aromatic hydroxyl groups is 1. The van der Waals surface area contributed by atoms with Crippen LogP contribution in [0.15, 0.2) is 35.8 Å². The fraction of sp³-hybridized carbons (Fsp3) is 0.303. The van der Waals surface area contributed by atoms with Crippen molar-refractivity contribution in [2.24, 2.45) is 0 Å². The second-order valence-corrected chi connectivity index (χ2v) is 12.9. The number of piperazine rings is 1. The number of nitriles is 1. The van der Waals surface area contributed by atoms with Crippen LogP contribution in [0, 0.1) is 29.9 Å². The number of hydrogen-bond donors (Lipinski definition) is 1. The molecule has 0 aliphatic carbocycles. The number of hydrogen-bond acceptors (Lipinski definition) is 7. The van der Waals surface area contributed by atoms with E-state index < -0.39 is 38.6 Å². The topological polar surface area (TPSA) is 115 Å². The first-order valence-electron chi connectivity index (χ1n) is 14.6. The van der Waals surface area contributed by atoms with Crippen molar-refractivity contribution in [2.75, 3.05) is 18.0 Å². The SMILES string of the molecule is C=CC(=O)N1[C@H](C)CN(c2c(C#N)c(=O)n(-c3c(C)ccnc3C(C)C)c3nc(-c4c(F)c(O)c(Cl)c(F)c4Cl)c(Cl)cc23)C[C@@H]1C. The molecule has 9 nitrogen and oxygen atoms in total. The Morgan fingerprint density at radius 1 is 1.15 bits per heavy atom. The summed E-state index contributed by atoms with van der Waals surface area (Å²) in [4.78, 5) is 39.8. The molecule has 1 aromatic carbocycles. The van der Waals surface area contributed by atoms with Crippen molar-refractivity contribution < 1.29 is 18.7 Å². The number of carbonyl (C=O) groups excluding carboxylic acids is 1. The standard InChI is InChI=1S/C33H29Cl3F2N6O3/c1-7-21(45)43-16(5)12-42(13-17(43)6)30-18-10-20(34)28(22-23(35)26(38)24(36)31(46)25(22)37)41-32(18)44(33(47)19(30)11-39)29-15(4)8-9-40-27(29)14(2)3/h7-10,14,16-17,46H,1,12-13H2,2-6H3/t16-,17+. The number of fused-ring (bicyclic) bond motifs is 1. The minimum atomic E-state index is -1.37. The Morgan fingerprint density at radius 2 is 1.79 bits per heavy atom. The quantitative estimate of drug-likeness (QED) is 0.132. The minimum Gasteiger partial charge on any atom is -0.504 e. The van der Waals surface area contributed by atoms with Gasteiger partial charge >= 0.3 is 0 Å². The fourth-order valence-corrected chi connectivity index (χ4v) is 6.98. The predicted octanol–water partition coefficient (Wildman–Crippen LogP) is 7.31. The summed E-state index contributed by atoms with van der Waals surface area (Å²) in [6.45, 7) is 13.3. The number of phenolic OH excluding ortho intramolecular Hbond substituents is 1. The van der Waals surface area contributed by atoms with Gasteiger partial charge in [-0.3, -0.25) is 19.1 Å². The van der Waals surface area contributed by atoms with Gasteiger partial charge in [-0.25, -0.2) is 13.8 Å². The zero-order valence-electron chi connectivity index (χ0n) is 26.0. The van der Waals surface area contributed by atoms with Crippen molar-refractivity contribution in [1.82, 2.24) is 19.4 Å². The van der Waals surface area contributed by atoms with Gasteiger partial charge in [0.05, 0.1) is 38.4 Å². The highest BCUT2D eigenvalue weighted by molar-refractivity contribution is 6.39. The van der Waals surface area contributed by atoms with Crippen LogP contribution in [-0.4, -0.2) is 55.6 Å². The highest BCUT2D eigenvalue weighted by Crippen LogP contribution is 2.45. The molecule has 0 spiro atoms. The zero-order valence-corrected chi connectivity index (χ0v) is 28.3. The Labute approximate surface area is 284 Å². The van der Waals surface area contributed by atoms with Crippen LogP contribution in [0.25, 0.3) is 28.0 Å². The molecule has 1 aliphatic heterocycles. The maximum atomic E-state index is 15.6. The van der Waals surface area contributed by atoms with E-state index in [0.717, 1.165) is 0 Å². The molecule has 0 radical (unpaired) electrons. The Bertz CT molecular complexity index is 2050. The number of aryl methyl sites for hydroxylation is 1. The van der Waals surface area contributed by atoms with Crippen molar-refractivity contribution in [3.63, 3.8) is 0 Å². The van der Waals surface area contributed by atoms with Gasteiger partial charge in [-0.05, 0) is 50.5 Å². The fourth-order valence-electron chi connectivity index (χ4n) is 6.24. The molecule has 14 heteroatoms. The molecule has 1 aliphatic rings. The summed E-state index contributed by atoms with van der Waals surface area (Å²) in [7, 11) is 0. The Morgan fingerprint density at radius 3 is 2.36 bits per heavy atom. The van der Waals surface area contributed by atoms with Crippen molar-refractivity contribution in [3.05, 3.63) is 84.9 Å². The van der Waals surface area contributed by atoms with Crippen LogP contribution in [0.5, 0.6) is 5.75 Å². The Hall–Kier alpha value is -4.24. The molecule has 1 amide bonds. The van der Waals surface area contributed by atoms with E-state index in [0.29, 0.717) is 16.9 Å². The summed E-state index contributed by atoms with van der Waals surface area (Å²) < 4.78 is 31.7. The van der Waals surface area contributed by atoms with E-state index in [2.05, 4.69) is 22.6 Å². The number of phenols is 1. The maximum absolute atomic E-state index is 15.6. The molecular weight excluding hydrogens is 673 g/mol. The van der Waals surface area contributed by atoms with Gasteiger partial charge in [-0.2, -0.15) is 5.26 Å². The molecule has 244 valence electrons. The largest absolute Gasteiger partial charge is 0.504 e. The van der Waals surface area contributed by atoms with E-state index in [1.165, 1.54) is 16.7 Å². The number of carbonyl (C=O) groups is 1. The lowest BCUT2D eigenvalue weighted by atomic mass is 10.0. The monoisotopic (exact) mass is 700 g/mol. The van der Waals surface area contributed by atoms with Crippen LogP contribution >= 0.6 is 34.8 Å². The maximum Gasteiger partial charge on any atom is 0.276 e. The predicted molar refractivity (Wildman–Crippen MR) is 179 cm³/mol. The van der Waals surface area contributed by atoms with Gasteiger partial charge in [0.25, 0.3) is 5.56 Å². The number of benzene rings is 1. The van der Waals surface area contributed by atoms with Crippen molar-refractivity contribution in [2.45, 2.75) is 52.6 Å². The first-order valence-corrected chi connectivity index (χ1v) is 15.7.